The largest absolute Gasteiger partial charge is 0.496 e. The molecular formula is C22H25ClN4O3. The van der Waals surface area contributed by atoms with E-state index in [1.165, 1.54) is 7.11 Å². The van der Waals surface area contributed by atoms with E-state index in [4.69, 9.17) is 16.3 Å². The summed E-state index contributed by atoms with van der Waals surface area (Å²) in [7, 11) is 1.50. The molecule has 2 heterocycles. The lowest BCUT2D eigenvalue weighted by atomic mass is 10.1. The van der Waals surface area contributed by atoms with Gasteiger partial charge in [0.15, 0.2) is 0 Å². The first kappa shape index (κ1) is 20.6. The van der Waals surface area contributed by atoms with Crippen molar-refractivity contribution in [1.29, 1.82) is 0 Å². The van der Waals surface area contributed by atoms with Crippen molar-refractivity contribution < 1.29 is 14.3 Å². The number of hydrogen-bond acceptors (Lipinski definition) is 5. The number of benzene rings is 1. The summed E-state index contributed by atoms with van der Waals surface area (Å²) in [6.45, 7) is 2.49. The molecular weight excluding hydrogens is 404 g/mol. The van der Waals surface area contributed by atoms with Crippen molar-refractivity contribution in [3.63, 3.8) is 0 Å². The molecule has 1 aliphatic carbocycles. The van der Waals surface area contributed by atoms with E-state index in [1.807, 2.05) is 12.3 Å². The van der Waals surface area contributed by atoms with Gasteiger partial charge >= 0.3 is 0 Å². The summed E-state index contributed by atoms with van der Waals surface area (Å²) >= 11 is 6.34. The Labute approximate surface area is 180 Å². The van der Waals surface area contributed by atoms with Crippen LogP contribution in [-0.2, 0) is 11.3 Å². The van der Waals surface area contributed by atoms with Crippen molar-refractivity contribution in [3.05, 3.63) is 52.8 Å². The van der Waals surface area contributed by atoms with Gasteiger partial charge in [0.1, 0.15) is 5.75 Å². The first-order chi connectivity index (χ1) is 14.5. The van der Waals surface area contributed by atoms with Gasteiger partial charge in [-0.25, -0.2) is 0 Å². The lowest BCUT2D eigenvalue weighted by molar-refractivity contribution is -0.117. The first-order valence-corrected chi connectivity index (χ1v) is 10.5. The molecule has 0 unspecified atom stereocenters. The van der Waals surface area contributed by atoms with Crippen LogP contribution in [0.1, 0.15) is 35.2 Å². The molecule has 0 bridgehead atoms. The van der Waals surface area contributed by atoms with Crippen LogP contribution in [0.25, 0.3) is 0 Å². The molecule has 2 aliphatic rings. The molecule has 1 saturated carbocycles. The van der Waals surface area contributed by atoms with Crippen LogP contribution in [0.4, 0.5) is 5.69 Å². The van der Waals surface area contributed by atoms with Gasteiger partial charge in [0, 0.05) is 50.1 Å². The molecule has 1 aromatic heterocycles. The second-order valence-electron chi connectivity index (χ2n) is 7.85. The number of halogens is 1. The number of ether oxygens (including phenoxy) is 1. The Hall–Kier alpha value is -2.64. The molecule has 4 rings (SSSR count). The minimum atomic E-state index is -0.234. The van der Waals surface area contributed by atoms with Crippen molar-refractivity contribution >= 4 is 29.1 Å². The SMILES string of the molecule is COc1cc(NC(=O)C2CC2)c(Cl)cc1C(=O)N[C@H]1CCN(Cc2cccnc2)C1. The van der Waals surface area contributed by atoms with Crippen LogP contribution in [0, 0.1) is 5.92 Å². The normalized spacial score (nSPS) is 18.8. The van der Waals surface area contributed by atoms with Gasteiger partial charge in [-0.3, -0.25) is 19.5 Å². The molecule has 8 heteroatoms. The molecule has 7 nitrogen and oxygen atoms in total. The zero-order valence-corrected chi connectivity index (χ0v) is 17.6. The average Bonchev–Trinajstić information content (AvgIpc) is 3.51. The highest BCUT2D eigenvalue weighted by atomic mass is 35.5. The highest BCUT2D eigenvalue weighted by molar-refractivity contribution is 6.34. The van der Waals surface area contributed by atoms with E-state index in [2.05, 4.69) is 26.6 Å². The van der Waals surface area contributed by atoms with Crippen LogP contribution in [0.15, 0.2) is 36.7 Å². The molecule has 1 atom stereocenters. The maximum atomic E-state index is 12.9. The number of carbonyl (C=O) groups excluding carboxylic acids is 2. The Balaban J connectivity index is 1.39. The van der Waals surface area contributed by atoms with Crippen molar-refractivity contribution in [1.82, 2.24) is 15.2 Å². The van der Waals surface area contributed by atoms with E-state index >= 15 is 0 Å². The predicted octanol–water partition coefficient (Wildman–Crippen LogP) is 3.10. The van der Waals surface area contributed by atoms with Gasteiger partial charge in [0.25, 0.3) is 5.91 Å². The first-order valence-electron chi connectivity index (χ1n) is 10.1. The summed E-state index contributed by atoms with van der Waals surface area (Å²) in [6, 6.07) is 7.20. The Bertz CT molecular complexity index is 933. The molecule has 2 fully saturated rings. The molecule has 158 valence electrons. The molecule has 2 aromatic rings. The van der Waals surface area contributed by atoms with Crippen LogP contribution in [0.5, 0.6) is 5.75 Å². The Morgan fingerprint density at radius 2 is 2.13 bits per heavy atom. The smallest absolute Gasteiger partial charge is 0.255 e. The fraction of sp³-hybridized carbons (Fsp3) is 0.409. The van der Waals surface area contributed by atoms with Gasteiger partial charge in [-0.05, 0) is 37.0 Å². The highest BCUT2D eigenvalue weighted by Crippen LogP contribution is 2.34. The van der Waals surface area contributed by atoms with E-state index in [9.17, 15) is 9.59 Å². The number of pyridine rings is 1. The number of methoxy groups -OCH3 is 1. The van der Waals surface area contributed by atoms with E-state index < -0.39 is 0 Å². The fourth-order valence-corrected chi connectivity index (χ4v) is 3.89. The summed E-state index contributed by atoms with van der Waals surface area (Å²) in [5, 5.41) is 6.22. The Kier molecular flexibility index (Phi) is 6.20. The van der Waals surface area contributed by atoms with Crippen LogP contribution >= 0.6 is 11.6 Å². The quantitative estimate of drug-likeness (QED) is 0.708. The molecule has 2 amide bonds. The summed E-state index contributed by atoms with van der Waals surface area (Å²) in [6.07, 6.45) is 6.30. The number of carbonyl (C=O) groups is 2. The zero-order chi connectivity index (χ0) is 21.1. The predicted molar refractivity (Wildman–Crippen MR) is 115 cm³/mol. The monoisotopic (exact) mass is 428 g/mol. The van der Waals surface area contributed by atoms with Gasteiger partial charge < -0.3 is 15.4 Å². The molecule has 1 aromatic carbocycles. The molecule has 0 spiro atoms. The van der Waals surface area contributed by atoms with Crippen LogP contribution in [0.3, 0.4) is 0 Å². The third-order valence-corrected chi connectivity index (χ3v) is 5.79. The number of anilines is 1. The van der Waals surface area contributed by atoms with Gasteiger partial charge in [-0.15, -0.1) is 0 Å². The lowest BCUT2D eigenvalue weighted by Gasteiger charge is -2.18. The third kappa shape index (κ3) is 4.91. The standard InChI is InChI=1S/C22H25ClN4O3/c1-30-20-10-19(26-21(28)15-4-5-15)18(23)9-17(20)22(29)25-16-6-8-27(13-16)12-14-3-2-7-24-11-14/h2-3,7,9-11,15-16H,4-6,8,12-13H2,1H3,(H,25,29)(H,26,28)/t16-/m0/s1. The summed E-state index contributed by atoms with van der Waals surface area (Å²) in [5.74, 6) is 0.165. The van der Waals surface area contributed by atoms with Crippen LogP contribution in [-0.4, -0.2) is 47.9 Å². The Morgan fingerprint density at radius 1 is 1.30 bits per heavy atom. The third-order valence-electron chi connectivity index (χ3n) is 5.48. The second kappa shape index (κ2) is 9.02. The minimum Gasteiger partial charge on any atom is -0.496 e. The van der Waals surface area contributed by atoms with Gasteiger partial charge in [0.05, 0.1) is 23.4 Å². The maximum absolute atomic E-state index is 12.9. The average molecular weight is 429 g/mol. The second-order valence-corrected chi connectivity index (χ2v) is 8.26. The van der Waals surface area contributed by atoms with Gasteiger partial charge in [0.2, 0.25) is 5.91 Å². The van der Waals surface area contributed by atoms with Crippen molar-refractivity contribution in [3.8, 4) is 5.75 Å². The van der Waals surface area contributed by atoms with Crippen molar-refractivity contribution in [2.75, 3.05) is 25.5 Å². The number of rotatable bonds is 7. The molecule has 1 aliphatic heterocycles. The number of aromatic nitrogens is 1. The van der Waals surface area contributed by atoms with Crippen LogP contribution < -0.4 is 15.4 Å². The summed E-state index contributed by atoms with van der Waals surface area (Å²) in [5.41, 5.74) is 1.98. The Morgan fingerprint density at radius 3 is 2.83 bits per heavy atom. The number of hydrogen-bond donors (Lipinski definition) is 2. The fourth-order valence-electron chi connectivity index (χ4n) is 3.68. The van der Waals surface area contributed by atoms with Crippen molar-refractivity contribution in [2.24, 2.45) is 5.92 Å². The number of likely N-dealkylation sites (tertiary alicyclic amines) is 1. The van der Waals surface area contributed by atoms with E-state index in [1.54, 1.807) is 18.3 Å². The van der Waals surface area contributed by atoms with Gasteiger partial charge in [-0.2, -0.15) is 0 Å². The number of nitrogens with one attached hydrogen (secondary N) is 2. The molecule has 30 heavy (non-hydrogen) atoms. The van der Waals surface area contributed by atoms with Gasteiger partial charge in [-0.1, -0.05) is 17.7 Å². The lowest BCUT2D eigenvalue weighted by Crippen LogP contribution is -2.37. The summed E-state index contributed by atoms with van der Waals surface area (Å²) < 4.78 is 5.40. The van der Waals surface area contributed by atoms with E-state index in [0.717, 1.165) is 44.5 Å². The topological polar surface area (TPSA) is 83.6 Å². The highest BCUT2D eigenvalue weighted by Gasteiger charge is 2.30. The molecule has 1 saturated heterocycles. The zero-order valence-electron chi connectivity index (χ0n) is 16.9. The number of nitrogens with zero attached hydrogens (tertiary/aromatic N) is 2. The summed E-state index contributed by atoms with van der Waals surface area (Å²) in [4.78, 5) is 31.4. The molecule has 2 N–H and O–H groups in total. The number of amides is 2. The van der Waals surface area contributed by atoms with E-state index in [0.29, 0.717) is 22.0 Å². The van der Waals surface area contributed by atoms with E-state index in [-0.39, 0.29) is 23.8 Å². The minimum absolute atomic E-state index is 0.0455. The van der Waals surface area contributed by atoms with Crippen molar-refractivity contribution in [2.45, 2.75) is 31.8 Å². The van der Waals surface area contributed by atoms with Crippen LogP contribution in [0.2, 0.25) is 5.02 Å². The maximum Gasteiger partial charge on any atom is 0.255 e. The molecule has 0 radical (unpaired) electrons.